The summed E-state index contributed by atoms with van der Waals surface area (Å²) in [5, 5.41) is 3.35. The van der Waals surface area contributed by atoms with Gasteiger partial charge in [-0.05, 0) is 35.4 Å². The van der Waals surface area contributed by atoms with Crippen LogP contribution in [0.3, 0.4) is 0 Å². The van der Waals surface area contributed by atoms with Crippen LogP contribution in [0, 0.1) is 5.53 Å². The average Bonchev–Trinajstić information content (AvgIpc) is 2.30. The maximum absolute atomic E-state index is 6.86. The van der Waals surface area contributed by atoms with E-state index in [-0.39, 0.29) is 16.8 Å². The van der Waals surface area contributed by atoms with Crippen LogP contribution in [0.25, 0.3) is 11.1 Å². The molecular weight excluding hydrogens is 245 g/mol. The summed E-state index contributed by atoms with van der Waals surface area (Å²) in [4.78, 5) is 0. The van der Waals surface area contributed by atoms with Gasteiger partial charge in [-0.25, -0.2) is 5.53 Å². The molecule has 4 heteroatoms. The average molecular weight is 256 g/mol. The monoisotopic (exact) mass is 256 g/mol. The van der Waals surface area contributed by atoms with Crippen LogP contribution in [0.4, 0.5) is 11.4 Å². The fourth-order valence-electron chi connectivity index (χ4n) is 1.40. The van der Waals surface area contributed by atoms with Gasteiger partial charge >= 0.3 is 0 Å². The molecule has 3 N–H and O–H groups in total. The van der Waals surface area contributed by atoms with Crippen LogP contribution in [0.2, 0.25) is 0 Å². The van der Waals surface area contributed by atoms with Crippen molar-refractivity contribution in [2.45, 2.75) is 0 Å². The van der Waals surface area contributed by atoms with Crippen LogP contribution in [0.5, 0.6) is 0 Å². The molecule has 0 saturated carbocycles. The maximum Gasteiger partial charge on any atom is 0.0850 e. The molecule has 0 bridgehead atoms. The van der Waals surface area contributed by atoms with Crippen molar-refractivity contribution in [2.24, 2.45) is 5.11 Å². The van der Waals surface area contributed by atoms with E-state index in [1.165, 1.54) is 0 Å². The Morgan fingerprint density at radius 3 is 1.69 bits per heavy atom. The zero-order chi connectivity index (χ0) is 10.7. The number of nitrogens with two attached hydrogens (primary N) is 1. The summed E-state index contributed by atoms with van der Waals surface area (Å²) in [5.74, 6) is 0. The molecular formula is C12H11CoN3. The fourth-order valence-corrected chi connectivity index (χ4v) is 1.40. The summed E-state index contributed by atoms with van der Waals surface area (Å²) in [5.41, 5.74) is 16.1. The second-order valence-electron chi connectivity index (χ2n) is 3.28. The molecule has 0 amide bonds. The first-order valence-corrected chi connectivity index (χ1v) is 4.63. The first-order valence-electron chi connectivity index (χ1n) is 4.63. The van der Waals surface area contributed by atoms with Crippen molar-refractivity contribution in [1.29, 1.82) is 5.53 Å². The topological polar surface area (TPSA) is 62.2 Å². The van der Waals surface area contributed by atoms with Crippen LogP contribution in [0.15, 0.2) is 53.6 Å². The molecule has 0 unspecified atom stereocenters. The van der Waals surface area contributed by atoms with Crippen molar-refractivity contribution in [3.8, 4) is 11.1 Å². The number of benzene rings is 2. The quantitative estimate of drug-likeness (QED) is 0.625. The Morgan fingerprint density at radius 2 is 1.25 bits per heavy atom. The third-order valence-corrected chi connectivity index (χ3v) is 2.24. The Kier molecular flexibility index (Phi) is 4.22. The van der Waals surface area contributed by atoms with E-state index in [9.17, 15) is 0 Å². The molecule has 0 heterocycles. The molecule has 3 nitrogen and oxygen atoms in total. The fraction of sp³-hybridized carbons (Fsp3) is 0. The largest absolute Gasteiger partial charge is 0.399 e. The van der Waals surface area contributed by atoms with Gasteiger partial charge in [-0.3, -0.25) is 0 Å². The van der Waals surface area contributed by atoms with Gasteiger partial charge in [0.25, 0.3) is 0 Å². The molecule has 2 rings (SSSR count). The molecule has 0 spiro atoms. The van der Waals surface area contributed by atoms with E-state index in [4.69, 9.17) is 11.3 Å². The van der Waals surface area contributed by atoms with Crippen LogP contribution >= 0.6 is 0 Å². The molecule has 0 aliphatic carbocycles. The first-order chi connectivity index (χ1) is 7.29. The summed E-state index contributed by atoms with van der Waals surface area (Å²) < 4.78 is 0. The zero-order valence-corrected chi connectivity index (χ0v) is 9.52. The van der Waals surface area contributed by atoms with Crippen molar-refractivity contribution in [3.05, 3.63) is 48.5 Å². The number of nitrogens with one attached hydrogen (secondary N) is 1. The molecule has 0 fully saturated rings. The van der Waals surface area contributed by atoms with Gasteiger partial charge in [0.05, 0.1) is 5.69 Å². The van der Waals surface area contributed by atoms with E-state index in [1.807, 2.05) is 48.5 Å². The van der Waals surface area contributed by atoms with Gasteiger partial charge in [0.1, 0.15) is 0 Å². The Balaban J connectivity index is 0.00000128. The third kappa shape index (κ3) is 2.68. The van der Waals surface area contributed by atoms with E-state index in [1.54, 1.807) is 0 Å². The van der Waals surface area contributed by atoms with Crippen LogP contribution in [-0.4, -0.2) is 0 Å². The van der Waals surface area contributed by atoms with Gasteiger partial charge in [-0.1, -0.05) is 24.3 Å². The van der Waals surface area contributed by atoms with Gasteiger partial charge in [0.15, 0.2) is 0 Å². The third-order valence-electron chi connectivity index (χ3n) is 2.24. The molecule has 0 atom stereocenters. The Bertz CT molecular complexity index is 463. The maximum atomic E-state index is 6.86. The number of hydrogen-bond acceptors (Lipinski definition) is 3. The summed E-state index contributed by atoms with van der Waals surface area (Å²) in [7, 11) is 0. The van der Waals surface area contributed by atoms with E-state index in [0.29, 0.717) is 5.69 Å². The van der Waals surface area contributed by atoms with E-state index < -0.39 is 0 Å². The van der Waals surface area contributed by atoms with Crippen molar-refractivity contribution in [3.63, 3.8) is 0 Å². The summed E-state index contributed by atoms with van der Waals surface area (Å²) in [6, 6.07) is 15.2. The van der Waals surface area contributed by atoms with Crippen LogP contribution in [0.1, 0.15) is 0 Å². The SMILES string of the molecule is N=Nc1ccc(-c2ccc(N)cc2)cc1.[Co]. The Morgan fingerprint density at radius 1 is 0.812 bits per heavy atom. The minimum atomic E-state index is 0. The van der Waals surface area contributed by atoms with E-state index >= 15 is 0 Å². The van der Waals surface area contributed by atoms with Crippen molar-refractivity contribution in [1.82, 2.24) is 0 Å². The van der Waals surface area contributed by atoms with Gasteiger partial charge in [-0.15, -0.1) is 0 Å². The number of rotatable bonds is 2. The summed E-state index contributed by atoms with van der Waals surface area (Å²) in [6.45, 7) is 0. The van der Waals surface area contributed by atoms with Crippen molar-refractivity contribution < 1.29 is 16.8 Å². The first kappa shape index (κ1) is 12.4. The molecule has 1 radical (unpaired) electrons. The number of nitrogen functional groups attached to an aromatic ring is 1. The predicted molar refractivity (Wildman–Crippen MR) is 61.1 cm³/mol. The number of hydrogen-bond donors (Lipinski definition) is 2. The normalized spacial score (nSPS) is 9.25. The molecule has 2 aromatic rings. The van der Waals surface area contributed by atoms with Gasteiger partial charge in [-0.2, -0.15) is 5.11 Å². The molecule has 0 aliphatic rings. The van der Waals surface area contributed by atoms with Gasteiger partial charge < -0.3 is 5.73 Å². The summed E-state index contributed by atoms with van der Waals surface area (Å²) in [6.07, 6.45) is 0. The Labute approximate surface area is 104 Å². The van der Waals surface area contributed by atoms with Gasteiger partial charge in [0.2, 0.25) is 0 Å². The molecule has 0 aromatic heterocycles. The second kappa shape index (κ2) is 5.44. The molecule has 83 valence electrons. The molecule has 0 saturated heterocycles. The standard InChI is InChI=1S/C12H11N3.Co/c13-11-5-1-9(2-6-11)10-3-7-12(15-14)8-4-10;/h1-8,14H,13H2;. The predicted octanol–water partition coefficient (Wildman–Crippen LogP) is 3.60. The minimum Gasteiger partial charge on any atom is -0.399 e. The van der Waals surface area contributed by atoms with E-state index in [2.05, 4.69) is 5.11 Å². The smallest absolute Gasteiger partial charge is 0.0850 e. The number of anilines is 1. The second-order valence-corrected chi connectivity index (χ2v) is 3.28. The van der Waals surface area contributed by atoms with Crippen LogP contribution in [-0.2, 0) is 16.8 Å². The summed E-state index contributed by atoms with van der Waals surface area (Å²) >= 11 is 0. The molecule has 0 aliphatic heterocycles. The molecule has 2 aromatic carbocycles. The Hall–Kier alpha value is -1.65. The minimum absolute atomic E-state index is 0. The van der Waals surface area contributed by atoms with Crippen molar-refractivity contribution >= 4 is 11.4 Å². The van der Waals surface area contributed by atoms with E-state index in [0.717, 1.165) is 16.8 Å². The molecule has 16 heavy (non-hydrogen) atoms. The zero-order valence-electron chi connectivity index (χ0n) is 8.48. The number of nitrogens with zero attached hydrogens (tertiary/aromatic N) is 1. The van der Waals surface area contributed by atoms with Gasteiger partial charge in [0, 0.05) is 22.5 Å². The van der Waals surface area contributed by atoms with Crippen molar-refractivity contribution in [2.75, 3.05) is 5.73 Å². The van der Waals surface area contributed by atoms with Crippen LogP contribution < -0.4 is 5.73 Å².